The van der Waals surface area contributed by atoms with Gasteiger partial charge < -0.3 is 4.57 Å². The molecule has 0 fully saturated rings. The molecule has 1 aliphatic rings. The molecule has 0 saturated carbocycles. The number of hydrogen-bond donors (Lipinski definition) is 0. The minimum Gasteiger partial charge on any atom is -0.328 e. The summed E-state index contributed by atoms with van der Waals surface area (Å²) >= 11 is 0. The molecule has 0 aliphatic carbocycles. The highest BCUT2D eigenvalue weighted by Crippen LogP contribution is 2.17. The van der Waals surface area contributed by atoms with E-state index < -0.39 is 0 Å². The molecule has 3 aromatic rings. The van der Waals surface area contributed by atoms with E-state index in [1.165, 1.54) is 11.3 Å². The average molecular weight is 295 g/mol. The zero-order valence-electron chi connectivity index (χ0n) is 12.2. The first-order valence-electron chi connectivity index (χ1n) is 7.35. The van der Waals surface area contributed by atoms with Crippen molar-refractivity contribution in [2.45, 2.75) is 26.2 Å². The van der Waals surface area contributed by atoms with Crippen molar-refractivity contribution in [2.24, 2.45) is 0 Å². The van der Waals surface area contributed by atoms with Crippen molar-refractivity contribution in [2.75, 3.05) is 6.54 Å². The Bertz CT molecular complexity index is 733. The summed E-state index contributed by atoms with van der Waals surface area (Å²) in [6, 6.07) is 4.13. The van der Waals surface area contributed by atoms with Crippen LogP contribution in [-0.2, 0) is 26.2 Å². The van der Waals surface area contributed by atoms with Crippen molar-refractivity contribution in [1.29, 1.82) is 0 Å². The second-order valence-corrected chi connectivity index (χ2v) is 5.48. The summed E-state index contributed by atoms with van der Waals surface area (Å²) < 4.78 is 4.12. The van der Waals surface area contributed by atoms with E-state index >= 15 is 0 Å². The summed E-state index contributed by atoms with van der Waals surface area (Å²) in [6.45, 7) is 4.52. The number of rotatable bonds is 4. The molecule has 0 amide bonds. The highest BCUT2D eigenvalue weighted by molar-refractivity contribution is 5.12. The van der Waals surface area contributed by atoms with E-state index in [2.05, 4.69) is 41.7 Å². The molecule has 0 N–H and O–H groups in total. The van der Waals surface area contributed by atoms with Crippen LogP contribution in [0.15, 0.2) is 43.4 Å². The molecule has 112 valence electrons. The second-order valence-electron chi connectivity index (χ2n) is 5.48. The van der Waals surface area contributed by atoms with Crippen molar-refractivity contribution in [3.8, 4) is 0 Å². The molecule has 22 heavy (non-hydrogen) atoms. The smallest absolute Gasteiger partial charge is 0.137 e. The Kier molecular flexibility index (Phi) is 3.40. The summed E-state index contributed by atoms with van der Waals surface area (Å²) in [5.74, 6) is 1.12. The lowest BCUT2D eigenvalue weighted by molar-refractivity contribution is 0.207. The lowest BCUT2D eigenvalue weighted by Gasteiger charge is -2.28. The molecule has 0 saturated heterocycles. The lowest BCUT2D eigenvalue weighted by atomic mass is 10.2. The minimum atomic E-state index is 0.720. The summed E-state index contributed by atoms with van der Waals surface area (Å²) in [6.07, 6.45) is 8.93. The van der Waals surface area contributed by atoms with E-state index in [-0.39, 0.29) is 0 Å². The van der Waals surface area contributed by atoms with Crippen molar-refractivity contribution in [3.63, 3.8) is 0 Å². The van der Waals surface area contributed by atoms with E-state index in [1.807, 2.05) is 23.3 Å². The molecule has 7 heteroatoms. The van der Waals surface area contributed by atoms with Crippen molar-refractivity contribution in [1.82, 2.24) is 34.2 Å². The fourth-order valence-electron chi connectivity index (χ4n) is 2.86. The minimum absolute atomic E-state index is 0.720. The number of fused-ring (bicyclic) bond motifs is 1. The fourth-order valence-corrected chi connectivity index (χ4v) is 2.86. The molecule has 0 unspecified atom stereocenters. The Balaban J connectivity index is 1.47. The topological polar surface area (TPSA) is 64.7 Å². The van der Waals surface area contributed by atoms with Crippen LogP contribution >= 0.6 is 0 Å². The molecule has 0 radical (unpaired) electrons. The Morgan fingerprint density at radius 1 is 1.05 bits per heavy atom. The molecule has 3 aromatic heterocycles. The Hall–Kier alpha value is -2.54. The predicted molar refractivity (Wildman–Crippen MR) is 79.7 cm³/mol. The molecular weight excluding hydrogens is 278 g/mol. The monoisotopic (exact) mass is 295 g/mol. The molecule has 1 aliphatic heterocycles. The zero-order chi connectivity index (χ0) is 14.8. The number of nitrogens with zero attached hydrogens (tertiary/aromatic N) is 7. The maximum absolute atomic E-state index is 4.58. The maximum atomic E-state index is 4.58. The van der Waals surface area contributed by atoms with Crippen LogP contribution < -0.4 is 0 Å². The Labute approximate surface area is 128 Å². The molecule has 4 rings (SSSR count). The maximum Gasteiger partial charge on any atom is 0.137 e. The van der Waals surface area contributed by atoms with Gasteiger partial charge in [-0.1, -0.05) is 0 Å². The third kappa shape index (κ3) is 2.62. The van der Waals surface area contributed by atoms with Gasteiger partial charge in [0.15, 0.2) is 0 Å². The molecular formula is C15H17N7. The van der Waals surface area contributed by atoms with E-state index in [1.54, 1.807) is 12.7 Å². The highest BCUT2D eigenvalue weighted by Gasteiger charge is 2.20. The van der Waals surface area contributed by atoms with Crippen LogP contribution in [0.1, 0.15) is 17.1 Å². The van der Waals surface area contributed by atoms with E-state index in [4.69, 9.17) is 0 Å². The zero-order valence-corrected chi connectivity index (χ0v) is 12.2. The van der Waals surface area contributed by atoms with Gasteiger partial charge >= 0.3 is 0 Å². The van der Waals surface area contributed by atoms with Gasteiger partial charge in [-0.3, -0.25) is 9.88 Å². The van der Waals surface area contributed by atoms with E-state index in [9.17, 15) is 0 Å². The standard InChI is InChI=1S/C15H17N7/c1-3-16-4-2-13(1)8-20-5-6-22-14(7-18-15(22)10-20)9-21-12-17-11-19-21/h1-4,7,11-12H,5-6,8-10H2. The van der Waals surface area contributed by atoms with Crippen LogP contribution in [-0.4, -0.2) is 40.7 Å². The average Bonchev–Trinajstić information content (AvgIpc) is 3.19. The van der Waals surface area contributed by atoms with Crippen molar-refractivity contribution >= 4 is 0 Å². The van der Waals surface area contributed by atoms with Crippen LogP contribution in [0.5, 0.6) is 0 Å². The number of imidazole rings is 1. The van der Waals surface area contributed by atoms with Gasteiger partial charge in [0.2, 0.25) is 0 Å². The van der Waals surface area contributed by atoms with Crippen LogP contribution in [0.4, 0.5) is 0 Å². The Morgan fingerprint density at radius 2 is 1.95 bits per heavy atom. The lowest BCUT2D eigenvalue weighted by Crippen LogP contribution is -2.34. The van der Waals surface area contributed by atoms with Crippen LogP contribution in [0.3, 0.4) is 0 Å². The van der Waals surface area contributed by atoms with Gasteiger partial charge in [0, 0.05) is 32.0 Å². The van der Waals surface area contributed by atoms with Crippen molar-refractivity contribution in [3.05, 3.63) is 60.5 Å². The first-order chi connectivity index (χ1) is 10.9. The van der Waals surface area contributed by atoms with Crippen LogP contribution in [0.2, 0.25) is 0 Å². The normalized spacial score (nSPS) is 14.9. The van der Waals surface area contributed by atoms with Crippen LogP contribution in [0, 0.1) is 0 Å². The van der Waals surface area contributed by atoms with Gasteiger partial charge in [-0.25, -0.2) is 14.6 Å². The summed E-state index contributed by atoms with van der Waals surface area (Å²) in [5.41, 5.74) is 2.47. The SMILES string of the molecule is c1cc(CN2CCn3c(Cn4cncn4)cnc3C2)ccn1. The van der Waals surface area contributed by atoms with Gasteiger partial charge in [0.1, 0.15) is 18.5 Å². The molecule has 4 heterocycles. The fraction of sp³-hybridized carbons (Fsp3) is 0.333. The molecule has 7 nitrogen and oxygen atoms in total. The van der Waals surface area contributed by atoms with Crippen molar-refractivity contribution < 1.29 is 0 Å². The largest absolute Gasteiger partial charge is 0.328 e. The predicted octanol–water partition coefficient (Wildman–Crippen LogP) is 0.934. The third-order valence-corrected chi connectivity index (χ3v) is 3.97. The first-order valence-corrected chi connectivity index (χ1v) is 7.35. The molecule has 0 atom stereocenters. The van der Waals surface area contributed by atoms with E-state index in [0.29, 0.717) is 0 Å². The second kappa shape index (κ2) is 5.69. The van der Waals surface area contributed by atoms with Gasteiger partial charge in [0.05, 0.1) is 25.0 Å². The Morgan fingerprint density at radius 3 is 2.77 bits per heavy atom. The summed E-state index contributed by atoms with van der Waals surface area (Å²) in [5, 5.41) is 4.16. The number of aromatic nitrogens is 6. The summed E-state index contributed by atoms with van der Waals surface area (Å²) in [7, 11) is 0. The summed E-state index contributed by atoms with van der Waals surface area (Å²) in [4.78, 5) is 15.0. The van der Waals surface area contributed by atoms with Crippen LogP contribution in [0.25, 0.3) is 0 Å². The van der Waals surface area contributed by atoms with Gasteiger partial charge in [-0.15, -0.1) is 0 Å². The van der Waals surface area contributed by atoms with Gasteiger partial charge in [0.25, 0.3) is 0 Å². The quantitative estimate of drug-likeness (QED) is 0.716. The van der Waals surface area contributed by atoms with E-state index in [0.717, 1.165) is 38.5 Å². The number of pyridine rings is 1. The van der Waals surface area contributed by atoms with Gasteiger partial charge in [-0.2, -0.15) is 5.10 Å². The third-order valence-electron chi connectivity index (χ3n) is 3.97. The number of hydrogen-bond acceptors (Lipinski definition) is 5. The highest BCUT2D eigenvalue weighted by atomic mass is 15.3. The molecule has 0 aromatic carbocycles. The van der Waals surface area contributed by atoms with Gasteiger partial charge in [-0.05, 0) is 17.7 Å². The molecule has 0 bridgehead atoms. The molecule has 0 spiro atoms. The first kappa shape index (κ1) is 13.1.